The number of rotatable bonds is 5. The Hall–Kier alpha value is -3.49. The van der Waals surface area contributed by atoms with Gasteiger partial charge in [0.15, 0.2) is 5.82 Å². The zero-order chi connectivity index (χ0) is 18.6. The van der Waals surface area contributed by atoms with Crippen molar-refractivity contribution in [3.63, 3.8) is 0 Å². The zero-order valence-corrected chi connectivity index (χ0v) is 13.2. The first kappa shape index (κ1) is 17.3. The largest absolute Gasteiger partial charge is 0.573 e. The number of benzene rings is 1. The standard InChI is InChI=1S/C17H13F3N4O2/c18-17(19,20)26-13-4-1-3-12(9-13)25-15-7-6-11(10-23-15)24-16-14(21)5-2-8-22-16/h1-10H,21H2,(H,22,24). The molecule has 0 spiro atoms. The Balaban J connectivity index is 1.68. The molecule has 9 heteroatoms. The van der Waals surface area contributed by atoms with E-state index in [9.17, 15) is 13.2 Å². The number of nitrogens with two attached hydrogens (primary N) is 1. The smallest absolute Gasteiger partial charge is 0.439 e. The molecule has 0 aliphatic carbocycles. The normalized spacial score (nSPS) is 11.0. The maximum atomic E-state index is 12.3. The Morgan fingerprint density at radius 3 is 2.46 bits per heavy atom. The fourth-order valence-electron chi connectivity index (χ4n) is 2.03. The van der Waals surface area contributed by atoms with Crippen LogP contribution >= 0.6 is 0 Å². The van der Waals surface area contributed by atoms with Gasteiger partial charge in [-0.05, 0) is 30.3 Å². The van der Waals surface area contributed by atoms with Crippen LogP contribution in [0.3, 0.4) is 0 Å². The number of nitrogens with zero attached hydrogens (tertiary/aromatic N) is 2. The molecule has 3 rings (SSSR count). The highest BCUT2D eigenvalue weighted by atomic mass is 19.4. The van der Waals surface area contributed by atoms with Crippen LogP contribution in [0.5, 0.6) is 17.4 Å². The van der Waals surface area contributed by atoms with E-state index < -0.39 is 6.36 Å². The van der Waals surface area contributed by atoms with E-state index >= 15 is 0 Å². The van der Waals surface area contributed by atoms with Gasteiger partial charge < -0.3 is 20.5 Å². The van der Waals surface area contributed by atoms with E-state index in [0.29, 0.717) is 17.2 Å². The van der Waals surface area contributed by atoms with E-state index in [1.54, 1.807) is 30.5 Å². The summed E-state index contributed by atoms with van der Waals surface area (Å²) < 4.78 is 46.0. The molecule has 0 atom stereocenters. The molecule has 0 radical (unpaired) electrons. The molecule has 0 fully saturated rings. The summed E-state index contributed by atoms with van der Waals surface area (Å²) in [5.74, 6) is 0.474. The van der Waals surface area contributed by atoms with Crippen LogP contribution in [-0.4, -0.2) is 16.3 Å². The van der Waals surface area contributed by atoms with Gasteiger partial charge in [-0.2, -0.15) is 0 Å². The molecule has 2 heterocycles. The highest BCUT2D eigenvalue weighted by Crippen LogP contribution is 2.28. The third-order valence-corrected chi connectivity index (χ3v) is 3.10. The van der Waals surface area contributed by atoms with Crippen molar-refractivity contribution in [2.45, 2.75) is 6.36 Å². The first-order valence-corrected chi connectivity index (χ1v) is 7.36. The van der Waals surface area contributed by atoms with Crippen molar-refractivity contribution in [2.24, 2.45) is 0 Å². The van der Waals surface area contributed by atoms with E-state index in [1.165, 1.54) is 24.4 Å². The summed E-state index contributed by atoms with van der Waals surface area (Å²) in [7, 11) is 0. The van der Waals surface area contributed by atoms with Gasteiger partial charge in [0, 0.05) is 18.3 Å². The number of anilines is 3. The number of nitrogens with one attached hydrogen (secondary N) is 1. The summed E-state index contributed by atoms with van der Waals surface area (Å²) in [6.45, 7) is 0. The van der Waals surface area contributed by atoms with Gasteiger partial charge in [0.2, 0.25) is 5.88 Å². The van der Waals surface area contributed by atoms with E-state index in [0.717, 1.165) is 6.07 Å². The Bertz CT molecular complexity index is 886. The van der Waals surface area contributed by atoms with Crippen molar-refractivity contribution >= 4 is 17.2 Å². The van der Waals surface area contributed by atoms with Crippen LogP contribution in [0.15, 0.2) is 60.9 Å². The Labute approximate surface area is 146 Å². The highest BCUT2D eigenvalue weighted by Gasteiger charge is 2.31. The average molecular weight is 362 g/mol. The monoisotopic (exact) mass is 362 g/mol. The number of nitrogen functional groups attached to an aromatic ring is 1. The van der Waals surface area contributed by atoms with Crippen LogP contribution < -0.4 is 20.5 Å². The highest BCUT2D eigenvalue weighted by molar-refractivity contribution is 5.67. The summed E-state index contributed by atoms with van der Waals surface area (Å²) in [5.41, 5.74) is 6.90. The summed E-state index contributed by atoms with van der Waals surface area (Å²) in [6, 6.07) is 11.8. The minimum Gasteiger partial charge on any atom is -0.439 e. The Morgan fingerprint density at radius 2 is 1.77 bits per heavy atom. The van der Waals surface area contributed by atoms with Crippen LogP contribution in [0.4, 0.5) is 30.4 Å². The predicted molar refractivity (Wildman–Crippen MR) is 89.4 cm³/mol. The molecular formula is C17H13F3N4O2. The van der Waals surface area contributed by atoms with Gasteiger partial charge in [0.1, 0.15) is 11.5 Å². The molecular weight excluding hydrogens is 349 g/mol. The third-order valence-electron chi connectivity index (χ3n) is 3.10. The third kappa shape index (κ3) is 4.76. The van der Waals surface area contributed by atoms with Crippen LogP contribution in [-0.2, 0) is 0 Å². The van der Waals surface area contributed by atoms with E-state index in [4.69, 9.17) is 10.5 Å². The van der Waals surface area contributed by atoms with Gasteiger partial charge in [-0.3, -0.25) is 0 Å². The molecule has 26 heavy (non-hydrogen) atoms. The van der Waals surface area contributed by atoms with Crippen molar-refractivity contribution in [1.29, 1.82) is 0 Å². The van der Waals surface area contributed by atoms with Gasteiger partial charge in [0.25, 0.3) is 0 Å². The molecule has 0 amide bonds. The lowest BCUT2D eigenvalue weighted by Crippen LogP contribution is -2.17. The first-order chi connectivity index (χ1) is 12.4. The van der Waals surface area contributed by atoms with E-state index in [-0.39, 0.29) is 17.4 Å². The van der Waals surface area contributed by atoms with Crippen LogP contribution in [0.2, 0.25) is 0 Å². The maximum Gasteiger partial charge on any atom is 0.573 e. The molecule has 134 valence electrons. The summed E-state index contributed by atoms with van der Waals surface area (Å²) >= 11 is 0. The van der Waals surface area contributed by atoms with E-state index in [2.05, 4.69) is 20.0 Å². The molecule has 6 nitrogen and oxygen atoms in total. The lowest BCUT2D eigenvalue weighted by Gasteiger charge is -2.11. The Kier molecular flexibility index (Phi) is 4.78. The number of hydrogen-bond acceptors (Lipinski definition) is 6. The minimum absolute atomic E-state index is 0.161. The lowest BCUT2D eigenvalue weighted by atomic mass is 10.3. The van der Waals surface area contributed by atoms with Gasteiger partial charge in [-0.15, -0.1) is 13.2 Å². The number of pyridine rings is 2. The molecule has 3 aromatic rings. The second-order valence-electron chi connectivity index (χ2n) is 5.08. The topological polar surface area (TPSA) is 82.3 Å². The second-order valence-corrected chi connectivity index (χ2v) is 5.08. The Morgan fingerprint density at radius 1 is 0.962 bits per heavy atom. The fraction of sp³-hybridized carbons (Fsp3) is 0.0588. The molecule has 0 aliphatic heterocycles. The molecule has 2 aromatic heterocycles. The number of aromatic nitrogens is 2. The molecule has 0 saturated heterocycles. The lowest BCUT2D eigenvalue weighted by molar-refractivity contribution is -0.274. The number of ether oxygens (including phenoxy) is 2. The predicted octanol–water partition coefficient (Wildman–Crippen LogP) is 4.49. The van der Waals surface area contributed by atoms with Crippen molar-refractivity contribution in [3.8, 4) is 17.4 Å². The van der Waals surface area contributed by atoms with Crippen LogP contribution in [0.1, 0.15) is 0 Å². The summed E-state index contributed by atoms with van der Waals surface area (Å²) in [4.78, 5) is 8.19. The number of halogens is 3. The van der Waals surface area contributed by atoms with Gasteiger partial charge in [-0.1, -0.05) is 6.07 Å². The van der Waals surface area contributed by atoms with Crippen molar-refractivity contribution in [2.75, 3.05) is 11.1 Å². The summed E-state index contributed by atoms with van der Waals surface area (Å²) in [5, 5.41) is 3.00. The van der Waals surface area contributed by atoms with Crippen molar-refractivity contribution in [1.82, 2.24) is 9.97 Å². The molecule has 0 aliphatic rings. The van der Waals surface area contributed by atoms with Crippen molar-refractivity contribution < 1.29 is 22.6 Å². The maximum absolute atomic E-state index is 12.3. The fourth-order valence-corrected chi connectivity index (χ4v) is 2.03. The SMILES string of the molecule is Nc1cccnc1Nc1ccc(Oc2cccc(OC(F)(F)F)c2)nc1. The quantitative estimate of drug-likeness (QED) is 0.696. The summed E-state index contributed by atoms with van der Waals surface area (Å²) in [6.07, 6.45) is -1.68. The first-order valence-electron chi connectivity index (χ1n) is 7.36. The molecule has 0 bridgehead atoms. The number of hydrogen-bond donors (Lipinski definition) is 2. The van der Waals surface area contributed by atoms with Crippen molar-refractivity contribution in [3.05, 3.63) is 60.9 Å². The van der Waals surface area contributed by atoms with E-state index in [1.807, 2.05) is 0 Å². The minimum atomic E-state index is -4.77. The van der Waals surface area contributed by atoms with Crippen LogP contribution in [0, 0.1) is 0 Å². The molecule has 1 aromatic carbocycles. The second kappa shape index (κ2) is 7.18. The van der Waals surface area contributed by atoms with Crippen LogP contribution in [0.25, 0.3) is 0 Å². The molecule has 3 N–H and O–H groups in total. The zero-order valence-electron chi connectivity index (χ0n) is 13.2. The van der Waals surface area contributed by atoms with Gasteiger partial charge in [-0.25, -0.2) is 9.97 Å². The van der Waals surface area contributed by atoms with Gasteiger partial charge in [0.05, 0.1) is 17.6 Å². The number of alkyl halides is 3. The average Bonchev–Trinajstić information content (AvgIpc) is 2.57. The van der Waals surface area contributed by atoms with Gasteiger partial charge >= 0.3 is 6.36 Å². The molecule has 0 saturated carbocycles. The molecule has 0 unspecified atom stereocenters.